The Balaban J connectivity index is 1.88. The first-order valence-corrected chi connectivity index (χ1v) is 9.31. The second-order valence-corrected chi connectivity index (χ2v) is 7.14. The second-order valence-electron chi connectivity index (χ2n) is 7.14. The maximum Gasteiger partial charge on any atom is 0.235 e. The monoisotopic (exact) mass is 382 g/mol. The van der Waals surface area contributed by atoms with Gasteiger partial charge in [0.15, 0.2) is 0 Å². The number of carbonyl (C=O) groups is 1. The minimum atomic E-state index is -0.800. The Hall–Kier alpha value is -2.91. The van der Waals surface area contributed by atoms with Crippen LogP contribution in [0.1, 0.15) is 37.8 Å². The van der Waals surface area contributed by atoms with Crippen molar-refractivity contribution in [2.24, 2.45) is 0 Å². The molecule has 0 unspecified atom stereocenters. The number of anilines is 1. The quantitative estimate of drug-likeness (QED) is 0.842. The van der Waals surface area contributed by atoms with E-state index in [1.807, 2.05) is 13.8 Å². The van der Waals surface area contributed by atoms with Crippen LogP contribution in [0, 0.1) is 17.1 Å². The highest BCUT2D eigenvalue weighted by atomic mass is 19.1. The van der Waals surface area contributed by atoms with E-state index in [0.29, 0.717) is 43.1 Å². The Labute approximate surface area is 164 Å². The SMILES string of the molecule is CC(C)Oc1ccc(NC(=O)C2(c3ccc(F)cc3)CCOCC2)cc1C#N. The Kier molecular flexibility index (Phi) is 5.96. The molecule has 1 heterocycles. The Bertz CT molecular complexity index is 882. The molecular formula is C22H23FN2O3. The normalized spacial score (nSPS) is 15.7. The Morgan fingerprint density at radius 2 is 1.89 bits per heavy atom. The third kappa shape index (κ3) is 4.15. The highest BCUT2D eigenvalue weighted by Gasteiger charge is 2.41. The number of nitrogens with zero attached hydrogens (tertiary/aromatic N) is 1. The number of nitrogens with one attached hydrogen (secondary N) is 1. The molecule has 1 N–H and O–H groups in total. The van der Waals surface area contributed by atoms with E-state index in [1.54, 1.807) is 30.3 Å². The molecule has 2 aromatic carbocycles. The fraction of sp³-hybridized carbons (Fsp3) is 0.364. The van der Waals surface area contributed by atoms with Crippen molar-refractivity contribution in [3.63, 3.8) is 0 Å². The van der Waals surface area contributed by atoms with Gasteiger partial charge in [-0.2, -0.15) is 5.26 Å². The molecule has 2 aromatic rings. The van der Waals surface area contributed by atoms with Crippen LogP contribution in [0.25, 0.3) is 0 Å². The van der Waals surface area contributed by atoms with E-state index in [4.69, 9.17) is 9.47 Å². The minimum Gasteiger partial charge on any atom is -0.490 e. The van der Waals surface area contributed by atoms with Crippen LogP contribution in [0.2, 0.25) is 0 Å². The third-order valence-corrected chi connectivity index (χ3v) is 4.90. The predicted octanol–water partition coefficient (Wildman–Crippen LogP) is 4.17. The van der Waals surface area contributed by atoms with Crippen molar-refractivity contribution in [2.45, 2.75) is 38.2 Å². The van der Waals surface area contributed by atoms with E-state index in [9.17, 15) is 14.4 Å². The Morgan fingerprint density at radius 3 is 2.50 bits per heavy atom. The van der Waals surface area contributed by atoms with Crippen LogP contribution in [0.3, 0.4) is 0 Å². The summed E-state index contributed by atoms with van der Waals surface area (Å²) in [6.45, 7) is 4.67. The van der Waals surface area contributed by atoms with E-state index in [1.165, 1.54) is 12.1 Å². The summed E-state index contributed by atoms with van der Waals surface area (Å²) in [4.78, 5) is 13.3. The van der Waals surface area contributed by atoms with Gasteiger partial charge < -0.3 is 14.8 Å². The predicted molar refractivity (Wildman–Crippen MR) is 104 cm³/mol. The zero-order valence-electron chi connectivity index (χ0n) is 16.0. The zero-order valence-corrected chi connectivity index (χ0v) is 16.0. The van der Waals surface area contributed by atoms with E-state index < -0.39 is 5.41 Å². The van der Waals surface area contributed by atoms with Gasteiger partial charge in [0, 0.05) is 18.9 Å². The highest BCUT2D eigenvalue weighted by Crippen LogP contribution is 2.36. The van der Waals surface area contributed by atoms with Crippen molar-refractivity contribution < 1.29 is 18.7 Å². The third-order valence-electron chi connectivity index (χ3n) is 4.90. The highest BCUT2D eigenvalue weighted by molar-refractivity contribution is 5.99. The number of carbonyl (C=O) groups excluding carboxylic acids is 1. The van der Waals surface area contributed by atoms with Crippen LogP contribution in [-0.2, 0) is 14.9 Å². The van der Waals surface area contributed by atoms with E-state index in [2.05, 4.69) is 11.4 Å². The van der Waals surface area contributed by atoms with Crippen LogP contribution < -0.4 is 10.1 Å². The zero-order chi connectivity index (χ0) is 20.1. The lowest BCUT2D eigenvalue weighted by molar-refractivity contribution is -0.125. The molecule has 0 atom stereocenters. The van der Waals surface area contributed by atoms with E-state index in [-0.39, 0.29) is 17.8 Å². The van der Waals surface area contributed by atoms with Crippen LogP contribution >= 0.6 is 0 Å². The molecule has 0 aliphatic carbocycles. The number of amides is 1. The van der Waals surface area contributed by atoms with Gasteiger partial charge in [-0.15, -0.1) is 0 Å². The molecule has 1 aliphatic rings. The molecule has 146 valence electrons. The maximum atomic E-state index is 13.4. The van der Waals surface area contributed by atoms with Crippen molar-refractivity contribution in [1.82, 2.24) is 0 Å². The molecule has 28 heavy (non-hydrogen) atoms. The second kappa shape index (κ2) is 8.41. The summed E-state index contributed by atoms with van der Waals surface area (Å²) in [6.07, 6.45) is 0.949. The summed E-state index contributed by atoms with van der Waals surface area (Å²) < 4.78 is 24.4. The van der Waals surface area contributed by atoms with E-state index >= 15 is 0 Å². The lowest BCUT2D eigenvalue weighted by Crippen LogP contribution is -2.44. The van der Waals surface area contributed by atoms with Crippen LogP contribution in [-0.4, -0.2) is 25.2 Å². The van der Waals surface area contributed by atoms with E-state index in [0.717, 1.165) is 5.56 Å². The van der Waals surface area contributed by atoms with Gasteiger partial charge in [-0.25, -0.2) is 4.39 Å². The maximum absolute atomic E-state index is 13.4. The molecule has 0 aromatic heterocycles. The molecule has 0 spiro atoms. The van der Waals surface area contributed by atoms with Gasteiger partial charge in [-0.05, 0) is 62.6 Å². The Morgan fingerprint density at radius 1 is 1.21 bits per heavy atom. The summed E-state index contributed by atoms with van der Waals surface area (Å²) in [6, 6.07) is 13.1. The molecule has 1 amide bonds. The van der Waals surface area contributed by atoms with Crippen LogP contribution in [0.15, 0.2) is 42.5 Å². The molecule has 1 saturated heterocycles. The van der Waals surface area contributed by atoms with Gasteiger partial charge >= 0.3 is 0 Å². The van der Waals surface area contributed by atoms with Crippen molar-refractivity contribution in [3.8, 4) is 11.8 Å². The molecular weight excluding hydrogens is 359 g/mol. The molecule has 1 fully saturated rings. The fourth-order valence-electron chi connectivity index (χ4n) is 3.44. The smallest absolute Gasteiger partial charge is 0.235 e. The molecule has 0 bridgehead atoms. The summed E-state index contributed by atoms with van der Waals surface area (Å²) in [5.41, 5.74) is 0.834. The lowest BCUT2D eigenvalue weighted by Gasteiger charge is -2.36. The number of halogens is 1. The van der Waals surface area contributed by atoms with Crippen molar-refractivity contribution in [1.29, 1.82) is 5.26 Å². The summed E-state index contributed by atoms with van der Waals surface area (Å²) in [7, 11) is 0. The van der Waals surface area contributed by atoms with Crippen molar-refractivity contribution in [2.75, 3.05) is 18.5 Å². The van der Waals surface area contributed by atoms with Gasteiger partial charge in [-0.3, -0.25) is 4.79 Å². The summed E-state index contributed by atoms with van der Waals surface area (Å²) in [5.74, 6) is -0.0515. The van der Waals surface area contributed by atoms with Gasteiger partial charge in [0.05, 0.1) is 17.1 Å². The van der Waals surface area contributed by atoms with Crippen molar-refractivity contribution >= 4 is 11.6 Å². The minimum absolute atomic E-state index is 0.0588. The van der Waals surface area contributed by atoms with Gasteiger partial charge in [0.25, 0.3) is 0 Å². The molecule has 0 radical (unpaired) electrons. The molecule has 1 aliphatic heterocycles. The first kappa shape index (κ1) is 19.8. The number of benzene rings is 2. The fourth-order valence-corrected chi connectivity index (χ4v) is 3.44. The number of hydrogen-bond donors (Lipinski definition) is 1. The molecule has 5 nitrogen and oxygen atoms in total. The van der Waals surface area contributed by atoms with Gasteiger partial charge in [0.1, 0.15) is 17.6 Å². The molecule has 0 saturated carbocycles. The van der Waals surface area contributed by atoms with Crippen molar-refractivity contribution in [3.05, 3.63) is 59.4 Å². The standard InChI is InChI=1S/C22H23FN2O3/c1-15(2)28-20-8-7-19(13-16(20)14-24)25-21(26)22(9-11-27-12-10-22)17-3-5-18(23)6-4-17/h3-8,13,15H,9-12H2,1-2H3,(H,25,26). The average molecular weight is 382 g/mol. The largest absolute Gasteiger partial charge is 0.490 e. The first-order chi connectivity index (χ1) is 13.4. The number of ether oxygens (including phenoxy) is 2. The number of hydrogen-bond acceptors (Lipinski definition) is 4. The number of rotatable bonds is 5. The first-order valence-electron chi connectivity index (χ1n) is 9.31. The molecule has 6 heteroatoms. The average Bonchev–Trinajstić information content (AvgIpc) is 2.69. The lowest BCUT2D eigenvalue weighted by atomic mass is 9.73. The number of nitriles is 1. The van der Waals surface area contributed by atoms with Gasteiger partial charge in [-0.1, -0.05) is 12.1 Å². The summed E-state index contributed by atoms with van der Waals surface area (Å²) in [5, 5.41) is 12.3. The molecule has 3 rings (SSSR count). The van der Waals surface area contributed by atoms with Crippen LogP contribution in [0.5, 0.6) is 5.75 Å². The topological polar surface area (TPSA) is 71.3 Å². The van der Waals surface area contributed by atoms with Gasteiger partial charge in [0.2, 0.25) is 5.91 Å². The van der Waals surface area contributed by atoms with Crippen LogP contribution in [0.4, 0.5) is 10.1 Å². The summed E-state index contributed by atoms with van der Waals surface area (Å²) >= 11 is 0.